The number of halogens is 1. The first kappa shape index (κ1) is 17.6. The van der Waals surface area contributed by atoms with Crippen molar-refractivity contribution in [1.82, 2.24) is 4.98 Å². The smallest absolute Gasteiger partial charge is 0.326 e. The van der Waals surface area contributed by atoms with Crippen LogP contribution in [0, 0.1) is 0 Å². The lowest BCUT2D eigenvalue weighted by atomic mass is 10.1. The first-order valence-electron chi connectivity index (χ1n) is 7.48. The molecule has 2 heterocycles. The predicted octanol–water partition coefficient (Wildman–Crippen LogP) is 1.45. The highest BCUT2D eigenvalue weighted by atomic mass is 35.5. The summed E-state index contributed by atoms with van der Waals surface area (Å²) in [5.41, 5.74) is 0.852. The van der Waals surface area contributed by atoms with Crippen molar-refractivity contribution in [1.29, 1.82) is 0 Å². The van der Waals surface area contributed by atoms with Crippen LogP contribution in [0.15, 0.2) is 42.6 Å². The van der Waals surface area contributed by atoms with Gasteiger partial charge in [-0.1, -0.05) is 23.7 Å². The number of ketones is 1. The Balaban J connectivity index is 1.56. The second-order valence-corrected chi connectivity index (χ2v) is 5.65. The third-order valence-corrected chi connectivity index (χ3v) is 3.86. The molecule has 2 amide bonds. The maximum Gasteiger partial charge on any atom is 0.326 e. The number of aromatic nitrogens is 1. The highest BCUT2D eigenvalue weighted by Gasteiger charge is 2.36. The molecule has 0 bridgehead atoms. The molecular weight excluding hydrogens is 362 g/mol. The molecule has 132 valence electrons. The van der Waals surface area contributed by atoms with Gasteiger partial charge in [0.05, 0.1) is 16.9 Å². The van der Waals surface area contributed by atoms with Gasteiger partial charge in [0.2, 0.25) is 0 Å². The predicted molar refractivity (Wildman–Crippen MR) is 92.0 cm³/mol. The Morgan fingerprint density at radius 1 is 1.15 bits per heavy atom. The Bertz CT molecular complexity index is 915. The first-order valence-corrected chi connectivity index (χ1v) is 7.86. The lowest BCUT2D eigenvalue weighted by molar-refractivity contribution is -0.146. The van der Waals surface area contributed by atoms with Crippen LogP contribution in [0.25, 0.3) is 0 Å². The van der Waals surface area contributed by atoms with Crippen LogP contribution in [-0.2, 0) is 19.1 Å². The average molecular weight is 374 g/mol. The van der Waals surface area contributed by atoms with Crippen LogP contribution in [-0.4, -0.2) is 41.7 Å². The number of esters is 1. The van der Waals surface area contributed by atoms with E-state index in [1.807, 2.05) is 0 Å². The summed E-state index contributed by atoms with van der Waals surface area (Å²) in [6.07, 6.45) is 1.46. The van der Waals surface area contributed by atoms with Crippen molar-refractivity contribution in [2.45, 2.75) is 0 Å². The second-order valence-electron chi connectivity index (χ2n) is 5.29. The molecule has 8 nitrogen and oxygen atoms in total. The molecule has 1 aromatic carbocycles. The highest BCUT2D eigenvalue weighted by molar-refractivity contribution is 6.52. The molecule has 3 rings (SSSR count). The Labute approximate surface area is 152 Å². The van der Waals surface area contributed by atoms with Gasteiger partial charge in [0.25, 0.3) is 17.6 Å². The van der Waals surface area contributed by atoms with Crippen LogP contribution in [0.4, 0.5) is 11.4 Å². The summed E-state index contributed by atoms with van der Waals surface area (Å²) in [6, 6.07) is 9.46. The van der Waals surface area contributed by atoms with Gasteiger partial charge >= 0.3 is 5.97 Å². The Kier molecular flexibility index (Phi) is 4.94. The molecule has 0 fully saturated rings. The number of carbonyl (C=O) groups is 4. The number of amides is 2. The van der Waals surface area contributed by atoms with Crippen molar-refractivity contribution in [3.05, 3.63) is 53.3 Å². The van der Waals surface area contributed by atoms with Gasteiger partial charge in [-0.3, -0.25) is 24.1 Å². The number of ether oxygens (including phenoxy) is 1. The molecule has 0 radical (unpaired) electrons. The largest absolute Gasteiger partial charge is 0.454 e. The molecule has 2 aromatic rings. The summed E-state index contributed by atoms with van der Waals surface area (Å²) in [4.78, 5) is 52.4. The summed E-state index contributed by atoms with van der Waals surface area (Å²) in [6.45, 7) is -1.04. The zero-order chi connectivity index (χ0) is 18.7. The number of fused-ring (bicyclic) bond motifs is 1. The fourth-order valence-electron chi connectivity index (χ4n) is 2.39. The normalized spacial score (nSPS) is 12.7. The Hall–Kier alpha value is -3.26. The van der Waals surface area contributed by atoms with Gasteiger partial charge in [-0.25, -0.2) is 4.98 Å². The average Bonchev–Trinajstić information content (AvgIpc) is 2.87. The molecule has 9 heteroatoms. The summed E-state index contributed by atoms with van der Waals surface area (Å²) in [5.74, 6) is -2.93. The molecule has 26 heavy (non-hydrogen) atoms. The number of hydrogen-bond donors (Lipinski definition) is 1. The summed E-state index contributed by atoms with van der Waals surface area (Å²) in [5, 5.41) is 2.55. The third-order valence-electron chi connectivity index (χ3n) is 3.56. The molecule has 0 spiro atoms. The number of carbonyl (C=O) groups excluding carboxylic acids is 4. The fraction of sp³-hybridized carbons (Fsp3) is 0.118. The molecular formula is C17H12ClN3O5. The summed E-state index contributed by atoms with van der Waals surface area (Å²) in [7, 11) is 0. The SMILES string of the molecule is O=C(COC(=O)CN1C(=O)C(=O)c2ccccc21)Nc1cccnc1Cl. The van der Waals surface area contributed by atoms with Crippen molar-refractivity contribution in [2.75, 3.05) is 23.4 Å². The summed E-state index contributed by atoms with van der Waals surface area (Å²) >= 11 is 5.81. The summed E-state index contributed by atoms with van der Waals surface area (Å²) < 4.78 is 4.86. The zero-order valence-electron chi connectivity index (χ0n) is 13.3. The number of nitrogens with one attached hydrogen (secondary N) is 1. The monoisotopic (exact) mass is 373 g/mol. The van der Waals surface area contributed by atoms with Crippen LogP contribution < -0.4 is 10.2 Å². The lowest BCUT2D eigenvalue weighted by Crippen LogP contribution is -2.36. The number of para-hydroxylation sites is 1. The number of anilines is 2. The second kappa shape index (κ2) is 7.32. The molecule has 1 N–H and O–H groups in total. The van der Waals surface area contributed by atoms with E-state index in [-0.39, 0.29) is 16.4 Å². The number of benzene rings is 1. The van der Waals surface area contributed by atoms with Crippen molar-refractivity contribution >= 4 is 46.5 Å². The Morgan fingerprint density at radius 3 is 2.69 bits per heavy atom. The van der Waals surface area contributed by atoms with Crippen molar-refractivity contribution in [3.63, 3.8) is 0 Å². The number of rotatable bonds is 5. The quantitative estimate of drug-likeness (QED) is 0.483. The standard InChI is InChI=1S/C17H12ClN3O5/c18-16-11(5-3-7-19-16)20-13(22)9-26-14(23)8-21-12-6-2-1-4-10(12)15(24)17(21)25/h1-7H,8-9H2,(H,20,22). The molecule has 0 aliphatic carbocycles. The van der Waals surface area contributed by atoms with E-state index in [0.29, 0.717) is 5.69 Å². The number of hydrogen-bond acceptors (Lipinski definition) is 6. The maximum atomic E-state index is 12.0. The van der Waals surface area contributed by atoms with Crippen LogP contribution in [0.5, 0.6) is 0 Å². The van der Waals surface area contributed by atoms with Gasteiger partial charge in [0.15, 0.2) is 11.8 Å². The van der Waals surface area contributed by atoms with E-state index >= 15 is 0 Å². The molecule has 0 unspecified atom stereocenters. The first-order chi connectivity index (χ1) is 12.5. The van der Waals surface area contributed by atoms with Crippen LogP contribution in [0.1, 0.15) is 10.4 Å². The van der Waals surface area contributed by atoms with Crippen LogP contribution >= 0.6 is 11.6 Å². The molecule has 0 atom stereocenters. The Morgan fingerprint density at radius 2 is 1.92 bits per heavy atom. The van der Waals surface area contributed by atoms with E-state index in [9.17, 15) is 19.2 Å². The van der Waals surface area contributed by atoms with E-state index in [2.05, 4.69) is 10.3 Å². The van der Waals surface area contributed by atoms with Gasteiger partial charge in [0, 0.05) is 6.20 Å². The van der Waals surface area contributed by atoms with E-state index < -0.39 is 36.7 Å². The van der Waals surface area contributed by atoms with Gasteiger partial charge in [0.1, 0.15) is 6.54 Å². The number of nitrogens with zero attached hydrogens (tertiary/aromatic N) is 2. The highest BCUT2D eigenvalue weighted by Crippen LogP contribution is 2.28. The van der Waals surface area contributed by atoms with E-state index in [4.69, 9.17) is 16.3 Å². The van der Waals surface area contributed by atoms with E-state index in [1.165, 1.54) is 12.3 Å². The maximum absolute atomic E-state index is 12.0. The van der Waals surface area contributed by atoms with E-state index in [0.717, 1.165) is 4.90 Å². The van der Waals surface area contributed by atoms with Crippen LogP contribution in [0.3, 0.4) is 0 Å². The van der Waals surface area contributed by atoms with Crippen molar-refractivity contribution in [2.24, 2.45) is 0 Å². The van der Waals surface area contributed by atoms with Gasteiger partial charge in [-0.05, 0) is 24.3 Å². The molecule has 1 aliphatic heterocycles. The number of Topliss-reactive ketones (excluding diaryl/α,β-unsaturated/α-hetero) is 1. The lowest BCUT2D eigenvalue weighted by Gasteiger charge is -2.15. The minimum atomic E-state index is -0.824. The van der Waals surface area contributed by atoms with Gasteiger partial charge in [-0.15, -0.1) is 0 Å². The number of pyridine rings is 1. The molecule has 0 saturated carbocycles. The third kappa shape index (κ3) is 3.55. The van der Waals surface area contributed by atoms with Crippen LogP contribution in [0.2, 0.25) is 5.15 Å². The minimum absolute atomic E-state index is 0.102. The molecule has 1 aromatic heterocycles. The van der Waals surface area contributed by atoms with Gasteiger partial charge in [-0.2, -0.15) is 0 Å². The molecule has 0 saturated heterocycles. The topological polar surface area (TPSA) is 106 Å². The minimum Gasteiger partial charge on any atom is -0.454 e. The van der Waals surface area contributed by atoms with Crippen molar-refractivity contribution < 1.29 is 23.9 Å². The van der Waals surface area contributed by atoms with Gasteiger partial charge < -0.3 is 10.1 Å². The van der Waals surface area contributed by atoms with Crippen molar-refractivity contribution in [3.8, 4) is 0 Å². The molecule has 1 aliphatic rings. The van der Waals surface area contributed by atoms with E-state index in [1.54, 1.807) is 30.3 Å². The zero-order valence-corrected chi connectivity index (χ0v) is 14.0. The fourth-order valence-corrected chi connectivity index (χ4v) is 2.56.